The summed E-state index contributed by atoms with van der Waals surface area (Å²) in [5.74, 6) is -0.294. The number of amides is 1. The van der Waals surface area contributed by atoms with Gasteiger partial charge in [0.15, 0.2) is 0 Å². The number of fused-ring (bicyclic) bond motifs is 1. The number of hydrogen-bond donors (Lipinski definition) is 2. The molecule has 0 fully saturated rings. The molecule has 2 aromatic carbocycles. The molecule has 0 aliphatic heterocycles. The highest BCUT2D eigenvalue weighted by Gasteiger charge is 2.24. The van der Waals surface area contributed by atoms with E-state index in [1.165, 1.54) is 0 Å². The number of aliphatic hydroxyl groups is 1. The van der Waals surface area contributed by atoms with Crippen molar-refractivity contribution in [2.75, 3.05) is 6.54 Å². The molecule has 1 aromatic heterocycles. The molecule has 1 heterocycles. The Morgan fingerprint density at radius 2 is 1.78 bits per heavy atom. The van der Waals surface area contributed by atoms with Crippen molar-refractivity contribution in [2.24, 2.45) is 0 Å². The molecule has 4 nitrogen and oxygen atoms in total. The van der Waals surface area contributed by atoms with Crippen LogP contribution in [0.5, 0.6) is 0 Å². The molecule has 4 heteroatoms. The van der Waals surface area contributed by atoms with Crippen LogP contribution in [0.1, 0.15) is 23.0 Å². The van der Waals surface area contributed by atoms with Gasteiger partial charge in [-0.25, -0.2) is 0 Å². The third-order valence-corrected chi connectivity index (χ3v) is 3.88. The monoisotopic (exact) mass is 306 g/mol. The number of hydrogen-bond acceptors (Lipinski definition) is 3. The summed E-state index contributed by atoms with van der Waals surface area (Å²) < 4.78 is 0. The number of carbonyl (C=O) groups excluding carboxylic acids is 1. The first-order chi connectivity index (χ1) is 11.1. The van der Waals surface area contributed by atoms with Crippen molar-refractivity contribution in [1.29, 1.82) is 0 Å². The summed E-state index contributed by atoms with van der Waals surface area (Å²) in [5, 5.41) is 15.1. The van der Waals surface area contributed by atoms with Gasteiger partial charge in [0.1, 0.15) is 11.3 Å². The second-order valence-corrected chi connectivity index (χ2v) is 5.70. The zero-order valence-electron chi connectivity index (χ0n) is 12.9. The summed E-state index contributed by atoms with van der Waals surface area (Å²) in [7, 11) is 0. The van der Waals surface area contributed by atoms with Crippen LogP contribution in [0.25, 0.3) is 10.8 Å². The van der Waals surface area contributed by atoms with Crippen LogP contribution in [0.3, 0.4) is 0 Å². The summed E-state index contributed by atoms with van der Waals surface area (Å²) in [6.07, 6.45) is 1.62. The van der Waals surface area contributed by atoms with Gasteiger partial charge in [0.2, 0.25) is 0 Å². The Bertz CT molecular complexity index is 824. The van der Waals surface area contributed by atoms with Crippen molar-refractivity contribution < 1.29 is 9.90 Å². The smallest absolute Gasteiger partial charge is 0.270 e. The topological polar surface area (TPSA) is 62.2 Å². The third-order valence-electron chi connectivity index (χ3n) is 3.88. The van der Waals surface area contributed by atoms with Crippen LogP contribution in [0, 0.1) is 0 Å². The molecule has 0 radical (unpaired) electrons. The van der Waals surface area contributed by atoms with E-state index in [2.05, 4.69) is 10.3 Å². The molecule has 116 valence electrons. The highest BCUT2D eigenvalue weighted by atomic mass is 16.3. The Morgan fingerprint density at radius 1 is 1.09 bits per heavy atom. The Morgan fingerprint density at radius 3 is 2.57 bits per heavy atom. The van der Waals surface area contributed by atoms with Crippen molar-refractivity contribution >= 4 is 16.7 Å². The van der Waals surface area contributed by atoms with E-state index in [4.69, 9.17) is 0 Å². The van der Waals surface area contributed by atoms with E-state index in [0.29, 0.717) is 5.69 Å². The SMILES string of the molecule is CC(O)(CNC(=O)c1nccc2ccccc12)c1ccccc1. The first-order valence-electron chi connectivity index (χ1n) is 7.48. The van der Waals surface area contributed by atoms with Gasteiger partial charge in [-0.1, -0.05) is 54.6 Å². The lowest BCUT2D eigenvalue weighted by atomic mass is 9.96. The third kappa shape index (κ3) is 3.22. The molecular formula is C19H18N2O2. The number of pyridine rings is 1. The van der Waals surface area contributed by atoms with E-state index in [-0.39, 0.29) is 12.5 Å². The lowest BCUT2D eigenvalue weighted by molar-refractivity contribution is 0.0525. The number of nitrogens with zero attached hydrogens (tertiary/aromatic N) is 1. The average molecular weight is 306 g/mol. The zero-order chi connectivity index (χ0) is 16.3. The molecule has 0 saturated heterocycles. The summed E-state index contributed by atoms with van der Waals surface area (Å²) in [6, 6.07) is 18.7. The maximum Gasteiger partial charge on any atom is 0.270 e. The quantitative estimate of drug-likeness (QED) is 0.779. The molecule has 1 amide bonds. The van der Waals surface area contributed by atoms with Gasteiger partial charge in [-0.3, -0.25) is 9.78 Å². The summed E-state index contributed by atoms with van der Waals surface area (Å²) in [5.41, 5.74) is -0.0141. The molecule has 0 bridgehead atoms. The minimum absolute atomic E-state index is 0.112. The van der Waals surface area contributed by atoms with Crippen LogP contribution in [-0.4, -0.2) is 22.5 Å². The summed E-state index contributed by atoms with van der Waals surface area (Å²) in [6.45, 7) is 1.79. The zero-order valence-corrected chi connectivity index (χ0v) is 12.9. The van der Waals surface area contributed by atoms with E-state index in [9.17, 15) is 9.90 Å². The van der Waals surface area contributed by atoms with Crippen LogP contribution in [-0.2, 0) is 5.60 Å². The first-order valence-corrected chi connectivity index (χ1v) is 7.48. The van der Waals surface area contributed by atoms with Crippen LogP contribution in [0.4, 0.5) is 0 Å². The lowest BCUT2D eigenvalue weighted by Gasteiger charge is -2.24. The van der Waals surface area contributed by atoms with Crippen LogP contribution >= 0.6 is 0 Å². The van der Waals surface area contributed by atoms with Gasteiger partial charge in [-0.05, 0) is 23.9 Å². The first kappa shape index (κ1) is 15.2. The Hall–Kier alpha value is -2.72. The van der Waals surface area contributed by atoms with Crippen molar-refractivity contribution in [3.05, 3.63) is 78.1 Å². The van der Waals surface area contributed by atoms with E-state index in [1.54, 1.807) is 13.1 Å². The number of nitrogens with one attached hydrogen (secondary N) is 1. The largest absolute Gasteiger partial charge is 0.384 e. The normalized spacial score (nSPS) is 13.5. The van der Waals surface area contributed by atoms with Crippen LogP contribution in [0.15, 0.2) is 66.9 Å². The molecular weight excluding hydrogens is 288 g/mol. The minimum atomic E-state index is -1.14. The van der Waals surface area contributed by atoms with Gasteiger partial charge in [-0.15, -0.1) is 0 Å². The van der Waals surface area contributed by atoms with E-state index >= 15 is 0 Å². The minimum Gasteiger partial charge on any atom is -0.384 e. The van der Waals surface area contributed by atoms with Crippen molar-refractivity contribution in [3.63, 3.8) is 0 Å². The molecule has 0 spiro atoms. The molecule has 1 atom stereocenters. The van der Waals surface area contributed by atoms with E-state index in [0.717, 1.165) is 16.3 Å². The van der Waals surface area contributed by atoms with Crippen molar-refractivity contribution in [1.82, 2.24) is 10.3 Å². The number of aromatic nitrogens is 1. The molecule has 0 aliphatic carbocycles. The Labute approximate surface area is 134 Å². The second kappa shape index (κ2) is 6.18. The molecule has 2 N–H and O–H groups in total. The van der Waals surface area contributed by atoms with Gasteiger partial charge < -0.3 is 10.4 Å². The van der Waals surface area contributed by atoms with E-state index in [1.807, 2.05) is 60.7 Å². The predicted molar refractivity (Wildman–Crippen MR) is 90.1 cm³/mol. The van der Waals surface area contributed by atoms with Crippen LogP contribution in [0.2, 0.25) is 0 Å². The highest BCUT2D eigenvalue weighted by Crippen LogP contribution is 2.20. The fourth-order valence-corrected chi connectivity index (χ4v) is 2.54. The van der Waals surface area contributed by atoms with Gasteiger partial charge in [0.05, 0.1) is 6.54 Å². The fourth-order valence-electron chi connectivity index (χ4n) is 2.54. The summed E-state index contributed by atoms with van der Waals surface area (Å²) in [4.78, 5) is 16.6. The van der Waals surface area contributed by atoms with Gasteiger partial charge in [-0.2, -0.15) is 0 Å². The molecule has 1 unspecified atom stereocenters. The number of benzene rings is 2. The Kier molecular flexibility index (Phi) is 4.08. The maximum absolute atomic E-state index is 12.5. The van der Waals surface area contributed by atoms with Crippen molar-refractivity contribution in [3.8, 4) is 0 Å². The predicted octanol–water partition coefficient (Wildman–Crippen LogP) is 2.87. The van der Waals surface area contributed by atoms with Gasteiger partial charge in [0.25, 0.3) is 5.91 Å². The van der Waals surface area contributed by atoms with Crippen molar-refractivity contribution in [2.45, 2.75) is 12.5 Å². The van der Waals surface area contributed by atoms with E-state index < -0.39 is 5.60 Å². The molecule has 23 heavy (non-hydrogen) atoms. The lowest BCUT2D eigenvalue weighted by Crippen LogP contribution is -2.38. The van der Waals surface area contributed by atoms with Crippen LogP contribution < -0.4 is 5.32 Å². The fraction of sp³-hybridized carbons (Fsp3) is 0.158. The molecule has 3 aromatic rings. The van der Waals surface area contributed by atoms with Gasteiger partial charge >= 0.3 is 0 Å². The summed E-state index contributed by atoms with van der Waals surface area (Å²) >= 11 is 0. The molecule has 3 rings (SSSR count). The Balaban J connectivity index is 1.79. The van der Waals surface area contributed by atoms with Gasteiger partial charge in [0, 0.05) is 11.6 Å². The standard InChI is InChI=1S/C19H18N2O2/c1-19(23,15-8-3-2-4-9-15)13-21-18(22)17-16-10-6-5-7-14(16)11-12-20-17/h2-12,23H,13H2,1H3,(H,21,22). The average Bonchev–Trinajstić information content (AvgIpc) is 2.60. The maximum atomic E-state index is 12.5. The number of rotatable bonds is 4. The highest BCUT2D eigenvalue weighted by molar-refractivity contribution is 6.05. The second-order valence-electron chi connectivity index (χ2n) is 5.70. The molecule has 0 saturated carbocycles. The molecule has 0 aliphatic rings. The number of carbonyl (C=O) groups is 1.